The highest BCUT2D eigenvalue weighted by Gasteiger charge is 2.14. The highest BCUT2D eigenvalue weighted by Crippen LogP contribution is 2.37. The Balaban J connectivity index is 2.43. The van der Waals surface area contributed by atoms with Gasteiger partial charge in [0, 0.05) is 10.8 Å². The molecule has 0 atom stereocenters. The molecule has 2 aromatic carbocycles. The van der Waals surface area contributed by atoms with Crippen LogP contribution in [-0.2, 0) is 10.1 Å². The largest absolute Gasteiger partial charge is 0.493 e. The van der Waals surface area contributed by atoms with E-state index in [1.54, 1.807) is 6.92 Å². The van der Waals surface area contributed by atoms with Gasteiger partial charge in [-0.1, -0.05) is 25.0 Å². The van der Waals surface area contributed by atoms with Gasteiger partial charge < -0.3 is 9.47 Å². The molecule has 0 radical (unpaired) electrons. The number of benzene rings is 2. The smallest absolute Gasteiger partial charge is 0.264 e. The molecule has 0 fully saturated rings. The first-order chi connectivity index (χ1) is 12.4. The minimum Gasteiger partial charge on any atom is -0.493 e. The molecular weight excluding hydrogens is 352 g/mol. The van der Waals surface area contributed by atoms with E-state index in [2.05, 4.69) is 18.8 Å². The van der Waals surface area contributed by atoms with E-state index in [9.17, 15) is 8.42 Å². The number of rotatable bonds is 8. The lowest BCUT2D eigenvalue weighted by molar-refractivity contribution is 0.315. The van der Waals surface area contributed by atoms with Gasteiger partial charge in [-0.3, -0.25) is 4.55 Å². The molecular formula is C20H24O5S. The number of fused-ring (bicyclic) bond motifs is 1. The average Bonchev–Trinajstić information content (AvgIpc) is 2.58. The second kappa shape index (κ2) is 8.93. The third-order valence-corrected chi connectivity index (χ3v) is 4.61. The molecule has 2 rings (SSSR count). The Morgan fingerprint density at radius 3 is 2.35 bits per heavy atom. The quantitative estimate of drug-likeness (QED) is 0.429. The Kier molecular flexibility index (Phi) is 6.90. The van der Waals surface area contributed by atoms with Gasteiger partial charge in [-0.2, -0.15) is 8.42 Å². The van der Waals surface area contributed by atoms with Gasteiger partial charge in [0.1, 0.15) is 11.5 Å². The molecule has 0 unspecified atom stereocenters. The molecule has 0 bridgehead atoms. The maximum atomic E-state index is 10.9. The summed E-state index contributed by atoms with van der Waals surface area (Å²) >= 11 is 0. The zero-order valence-electron chi connectivity index (χ0n) is 15.3. The Hall–Kier alpha value is -2.23. The van der Waals surface area contributed by atoms with E-state index in [0.29, 0.717) is 12.4 Å². The number of aryl methyl sites for hydroxylation is 1. The van der Waals surface area contributed by atoms with Gasteiger partial charge >= 0.3 is 0 Å². The molecule has 6 heteroatoms. The van der Waals surface area contributed by atoms with Crippen molar-refractivity contribution in [3.63, 3.8) is 0 Å². The third kappa shape index (κ3) is 5.13. The molecule has 0 heterocycles. The van der Waals surface area contributed by atoms with E-state index < -0.39 is 10.1 Å². The first-order valence-electron chi connectivity index (χ1n) is 8.57. The average molecular weight is 376 g/mol. The van der Waals surface area contributed by atoms with Crippen molar-refractivity contribution in [1.29, 1.82) is 0 Å². The minimum atomic E-state index is -3.99. The van der Waals surface area contributed by atoms with Crippen LogP contribution < -0.4 is 9.47 Å². The minimum absolute atomic E-state index is 0.163. The summed E-state index contributed by atoms with van der Waals surface area (Å²) in [5.74, 6) is 6.98. The molecule has 0 aliphatic heterocycles. The van der Waals surface area contributed by atoms with Crippen molar-refractivity contribution in [2.75, 3.05) is 19.0 Å². The van der Waals surface area contributed by atoms with Crippen LogP contribution in [0.25, 0.3) is 10.8 Å². The van der Waals surface area contributed by atoms with Crippen LogP contribution in [-0.4, -0.2) is 31.9 Å². The summed E-state index contributed by atoms with van der Waals surface area (Å²) in [5.41, 5.74) is 1.77. The summed E-state index contributed by atoms with van der Waals surface area (Å²) in [6.45, 7) is 6.59. The Morgan fingerprint density at radius 2 is 1.69 bits per heavy atom. The van der Waals surface area contributed by atoms with E-state index in [1.165, 1.54) is 0 Å². The van der Waals surface area contributed by atoms with Crippen molar-refractivity contribution in [2.45, 2.75) is 33.6 Å². The Bertz CT molecular complexity index is 936. The summed E-state index contributed by atoms with van der Waals surface area (Å²) < 4.78 is 42.4. The van der Waals surface area contributed by atoms with Crippen LogP contribution in [0.2, 0.25) is 0 Å². The fraction of sp³-hybridized carbons (Fsp3) is 0.400. The highest BCUT2D eigenvalue weighted by molar-refractivity contribution is 7.85. The summed E-state index contributed by atoms with van der Waals surface area (Å²) in [6, 6.07) is 7.79. The molecule has 26 heavy (non-hydrogen) atoms. The summed E-state index contributed by atoms with van der Waals surface area (Å²) in [6.07, 6.45) is 1.10. The van der Waals surface area contributed by atoms with Crippen molar-refractivity contribution in [3.05, 3.63) is 35.4 Å². The SMILES string of the molecule is CC#Cc1ccc2c(OCCC)c(C)ccc2c1OCCCS(=O)(=O)O. The van der Waals surface area contributed by atoms with E-state index >= 15 is 0 Å². The molecule has 2 aromatic rings. The lowest BCUT2D eigenvalue weighted by Crippen LogP contribution is -2.09. The van der Waals surface area contributed by atoms with Gasteiger partial charge in [-0.05, 0) is 44.4 Å². The normalized spacial score (nSPS) is 11.1. The fourth-order valence-electron chi connectivity index (χ4n) is 2.66. The third-order valence-electron chi connectivity index (χ3n) is 3.80. The molecule has 1 N–H and O–H groups in total. The summed E-state index contributed by atoms with van der Waals surface area (Å²) in [7, 11) is -3.99. The van der Waals surface area contributed by atoms with Crippen LogP contribution in [0.15, 0.2) is 24.3 Å². The van der Waals surface area contributed by atoms with Crippen molar-refractivity contribution in [2.24, 2.45) is 0 Å². The molecule has 5 nitrogen and oxygen atoms in total. The predicted octanol–water partition coefficient (Wildman–Crippen LogP) is 3.97. The van der Waals surface area contributed by atoms with Crippen LogP contribution in [0, 0.1) is 18.8 Å². The van der Waals surface area contributed by atoms with Gasteiger partial charge in [0.2, 0.25) is 0 Å². The van der Waals surface area contributed by atoms with Crippen LogP contribution in [0.5, 0.6) is 11.5 Å². The molecule has 0 spiro atoms. The Morgan fingerprint density at radius 1 is 1.04 bits per heavy atom. The van der Waals surface area contributed by atoms with Crippen molar-refractivity contribution in [3.8, 4) is 23.3 Å². The summed E-state index contributed by atoms with van der Waals surface area (Å²) in [5, 5.41) is 1.80. The molecule has 0 aromatic heterocycles. The first kappa shape index (κ1) is 20.1. The van der Waals surface area contributed by atoms with Crippen LogP contribution in [0.1, 0.15) is 37.8 Å². The van der Waals surface area contributed by atoms with E-state index in [4.69, 9.17) is 14.0 Å². The van der Waals surface area contributed by atoms with Gasteiger partial charge in [-0.15, -0.1) is 5.92 Å². The second-order valence-electron chi connectivity index (χ2n) is 5.96. The maximum absolute atomic E-state index is 10.9. The molecule has 0 saturated carbocycles. The number of hydrogen-bond acceptors (Lipinski definition) is 4. The maximum Gasteiger partial charge on any atom is 0.264 e. The highest BCUT2D eigenvalue weighted by atomic mass is 32.2. The van der Waals surface area contributed by atoms with E-state index in [1.807, 2.05) is 31.2 Å². The monoisotopic (exact) mass is 376 g/mol. The van der Waals surface area contributed by atoms with Gasteiger partial charge in [0.05, 0.1) is 24.5 Å². The molecule has 0 aliphatic rings. The van der Waals surface area contributed by atoms with Crippen molar-refractivity contribution < 1.29 is 22.4 Å². The van der Waals surface area contributed by atoms with Gasteiger partial charge in [-0.25, -0.2) is 0 Å². The lowest BCUT2D eigenvalue weighted by atomic mass is 10.0. The van der Waals surface area contributed by atoms with Gasteiger partial charge in [0.25, 0.3) is 10.1 Å². The molecule has 0 amide bonds. The Labute approximate surface area is 155 Å². The fourth-order valence-corrected chi connectivity index (χ4v) is 3.14. The molecule has 0 aliphatic carbocycles. The number of hydrogen-bond donors (Lipinski definition) is 1. The predicted molar refractivity (Wildman–Crippen MR) is 104 cm³/mol. The molecule has 0 saturated heterocycles. The van der Waals surface area contributed by atoms with E-state index in [0.717, 1.165) is 34.1 Å². The zero-order chi connectivity index (χ0) is 19.2. The topological polar surface area (TPSA) is 72.8 Å². The standard InChI is InChI=1S/C20H24O5S/c1-4-7-16-9-11-17-18(10-8-15(3)19(17)24-12-5-2)20(16)25-13-6-14-26(21,22)23/h8-11H,5-6,12-14H2,1-3H3,(H,21,22,23). The summed E-state index contributed by atoms with van der Waals surface area (Å²) in [4.78, 5) is 0. The van der Waals surface area contributed by atoms with Crippen LogP contribution in [0.4, 0.5) is 0 Å². The second-order valence-corrected chi connectivity index (χ2v) is 7.53. The van der Waals surface area contributed by atoms with Crippen LogP contribution >= 0.6 is 0 Å². The van der Waals surface area contributed by atoms with Gasteiger partial charge in [0.15, 0.2) is 0 Å². The van der Waals surface area contributed by atoms with E-state index in [-0.39, 0.29) is 18.8 Å². The van der Waals surface area contributed by atoms with Crippen LogP contribution in [0.3, 0.4) is 0 Å². The zero-order valence-corrected chi connectivity index (χ0v) is 16.1. The lowest BCUT2D eigenvalue weighted by Gasteiger charge is -2.16. The molecule has 140 valence electrons. The first-order valence-corrected chi connectivity index (χ1v) is 10.2. The van der Waals surface area contributed by atoms with Crippen molar-refractivity contribution >= 4 is 20.9 Å². The van der Waals surface area contributed by atoms with Crippen molar-refractivity contribution in [1.82, 2.24) is 0 Å². The number of ether oxygens (including phenoxy) is 2.